The summed E-state index contributed by atoms with van der Waals surface area (Å²) in [5, 5.41) is 10.3. The van der Waals surface area contributed by atoms with E-state index in [2.05, 4.69) is 20.9 Å². The van der Waals surface area contributed by atoms with Gasteiger partial charge in [-0.1, -0.05) is 23.2 Å². The van der Waals surface area contributed by atoms with Crippen LogP contribution in [-0.4, -0.2) is 10.1 Å². The molecule has 0 saturated heterocycles. The van der Waals surface area contributed by atoms with Crippen molar-refractivity contribution in [3.05, 3.63) is 50.7 Å². The van der Waals surface area contributed by atoms with E-state index in [-0.39, 0.29) is 0 Å². The van der Waals surface area contributed by atoms with E-state index in [1.54, 1.807) is 31.2 Å². The number of halogens is 3. The first kappa shape index (κ1) is 14.6. The summed E-state index contributed by atoms with van der Waals surface area (Å²) in [4.78, 5) is 4.08. The van der Waals surface area contributed by atoms with Gasteiger partial charge >= 0.3 is 0 Å². The van der Waals surface area contributed by atoms with Crippen molar-refractivity contribution < 1.29 is 9.84 Å². The van der Waals surface area contributed by atoms with Crippen molar-refractivity contribution in [2.24, 2.45) is 0 Å². The summed E-state index contributed by atoms with van der Waals surface area (Å²) >= 11 is 15.3. The third kappa shape index (κ3) is 3.60. The van der Waals surface area contributed by atoms with Crippen LogP contribution >= 0.6 is 39.1 Å². The van der Waals surface area contributed by atoms with Crippen molar-refractivity contribution >= 4 is 39.1 Å². The molecule has 1 atom stereocenters. The Kier molecular flexibility index (Phi) is 4.68. The van der Waals surface area contributed by atoms with Gasteiger partial charge in [-0.25, -0.2) is 0 Å². The molecule has 19 heavy (non-hydrogen) atoms. The largest absolute Gasteiger partial charge is 0.454 e. The molecule has 0 amide bonds. The second kappa shape index (κ2) is 6.09. The van der Waals surface area contributed by atoms with Gasteiger partial charge in [-0.05, 0) is 41.1 Å². The van der Waals surface area contributed by atoms with Crippen molar-refractivity contribution in [1.82, 2.24) is 4.98 Å². The molecule has 1 aromatic carbocycles. The minimum absolute atomic E-state index is 0.441. The normalized spacial score (nSPS) is 12.3. The van der Waals surface area contributed by atoms with Gasteiger partial charge in [-0.15, -0.1) is 0 Å². The number of hydrogen-bond donors (Lipinski definition) is 1. The number of nitrogens with zero attached hydrogens (tertiary/aromatic N) is 1. The summed E-state index contributed by atoms with van der Waals surface area (Å²) in [6.45, 7) is 1.65. The Hall–Kier alpha value is -0.810. The zero-order chi connectivity index (χ0) is 14.0. The van der Waals surface area contributed by atoms with E-state index in [0.29, 0.717) is 31.7 Å². The molecule has 1 aromatic heterocycles. The Balaban J connectivity index is 2.24. The highest BCUT2D eigenvalue weighted by atomic mass is 79.9. The number of rotatable bonds is 3. The third-order valence-corrected chi connectivity index (χ3v) is 3.88. The summed E-state index contributed by atoms with van der Waals surface area (Å²) in [6.07, 6.45) is 0.911. The Labute approximate surface area is 129 Å². The molecule has 6 heteroatoms. The summed E-state index contributed by atoms with van der Waals surface area (Å²) in [5.41, 5.74) is 0.576. The Morgan fingerprint density at radius 2 is 2.00 bits per heavy atom. The fourth-order valence-corrected chi connectivity index (χ4v) is 2.24. The molecule has 1 heterocycles. The molecule has 3 nitrogen and oxygen atoms in total. The van der Waals surface area contributed by atoms with E-state index in [9.17, 15) is 5.11 Å². The zero-order valence-corrected chi connectivity index (χ0v) is 13.0. The first-order valence-corrected chi connectivity index (χ1v) is 6.98. The second-order valence-corrected chi connectivity index (χ2v) is 5.56. The molecule has 0 aliphatic rings. The number of benzene rings is 1. The maximum Gasteiger partial charge on any atom is 0.147 e. The van der Waals surface area contributed by atoms with Crippen molar-refractivity contribution in [3.63, 3.8) is 0 Å². The fraction of sp³-hybridized carbons (Fsp3) is 0.154. The lowest BCUT2D eigenvalue weighted by molar-refractivity contribution is 0.194. The van der Waals surface area contributed by atoms with Gasteiger partial charge in [-0.3, -0.25) is 4.98 Å². The number of pyridine rings is 1. The summed E-state index contributed by atoms with van der Waals surface area (Å²) in [7, 11) is 0. The van der Waals surface area contributed by atoms with Gasteiger partial charge in [0.25, 0.3) is 0 Å². The Morgan fingerprint density at radius 3 is 2.58 bits per heavy atom. The van der Waals surface area contributed by atoms with E-state index >= 15 is 0 Å². The van der Waals surface area contributed by atoms with Gasteiger partial charge in [0.05, 0.1) is 28.0 Å². The van der Waals surface area contributed by atoms with Gasteiger partial charge in [0, 0.05) is 10.5 Å². The van der Waals surface area contributed by atoms with Crippen LogP contribution in [0.25, 0.3) is 0 Å². The molecule has 100 valence electrons. The molecule has 0 radical (unpaired) electrons. The Bertz CT molecular complexity index is 588. The number of ether oxygens (including phenoxy) is 1. The van der Waals surface area contributed by atoms with Crippen molar-refractivity contribution in [3.8, 4) is 11.5 Å². The SMILES string of the molecule is C[C@H](O)c1ccc(Oc2cc(Cl)c(Br)cc2Cl)cn1. The van der Waals surface area contributed by atoms with Crippen LogP contribution in [0.2, 0.25) is 10.0 Å². The minimum atomic E-state index is -0.611. The van der Waals surface area contributed by atoms with Crippen LogP contribution < -0.4 is 4.74 Å². The predicted octanol–water partition coefficient (Wildman–Crippen LogP) is 5.00. The van der Waals surface area contributed by atoms with Crippen LogP contribution in [0.4, 0.5) is 0 Å². The fourth-order valence-electron chi connectivity index (χ4n) is 1.41. The number of aromatic nitrogens is 1. The van der Waals surface area contributed by atoms with Gasteiger partial charge in [0.15, 0.2) is 0 Å². The smallest absolute Gasteiger partial charge is 0.147 e. The van der Waals surface area contributed by atoms with E-state index < -0.39 is 6.10 Å². The lowest BCUT2D eigenvalue weighted by atomic mass is 10.2. The lowest BCUT2D eigenvalue weighted by Gasteiger charge is -2.10. The quantitative estimate of drug-likeness (QED) is 0.781. The van der Waals surface area contributed by atoms with Crippen molar-refractivity contribution in [1.29, 1.82) is 0 Å². The van der Waals surface area contributed by atoms with Gasteiger partial charge in [0.2, 0.25) is 0 Å². The highest BCUT2D eigenvalue weighted by molar-refractivity contribution is 9.10. The van der Waals surface area contributed by atoms with Gasteiger partial charge < -0.3 is 9.84 Å². The molecule has 0 aliphatic heterocycles. The van der Waals surface area contributed by atoms with Crippen LogP contribution in [0, 0.1) is 0 Å². The van der Waals surface area contributed by atoms with Gasteiger partial charge in [0.1, 0.15) is 11.5 Å². The third-order valence-electron chi connectivity index (χ3n) is 2.39. The lowest BCUT2D eigenvalue weighted by Crippen LogP contribution is -1.95. The molecule has 0 aliphatic carbocycles. The van der Waals surface area contributed by atoms with Crippen molar-refractivity contribution in [2.45, 2.75) is 13.0 Å². The molecule has 0 unspecified atom stereocenters. The van der Waals surface area contributed by atoms with Crippen LogP contribution in [0.3, 0.4) is 0 Å². The molecule has 0 fully saturated rings. The summed E-state index contributed by atoms with van der Waals surface area (Å²) in [5.74, 6) is 0.964. The average Bonchev–Trinajstić information content (AvgIpc) is 2.36. The summed E-state index contributed by atoms with van der Waals surface area (Å²) < 4.78 is 6.30. The molecular weight excluding hydrogens is 353 g/mol. The predicted molar refractivity (Wildman–Crippen MR) is 79.1 cm³/mol. The van der Waals surface area contributed by atoms with Crippen LogP contribution in [0.5, 0.6) is 11.5 Å². The summed E-state index contributed by atoms with van der Waals surface area (Å²) in [6, 6.07) is 6.68. The molecule has 0 bridgehead atoms. The van der Waals surface area contributed by atoms with Crippen LogP contribution in [0.1, 0.15) is 18.7 Å². The molecule has 0 saturated carbocycles. The standard InChI is InChI=1S/C13H10BrCl2NO2/c1-7(18)12-3-2-8(6-17-12)19-13-5-10(15)9(14)4-11(13)16/h2-7,18H,1H3/t7-/m0/s1. The Morgan fingerprint density at radius 1 is 1.26 bits per heavy atom. The molecule has 2 rings (SSSR count). The maximum absolute atomic E-state index is 9.37. The molecule has 2 aromatic rings. The van der Waals surface area contributed by atoms with E-state index in [0.717, 1.165) is 0 Å². The first-order valence-electron chi connectivity index (χ1n) is 5.44. The highest BCUT2D eigenvalue weighted by Crippen LogP contribution is 2.36. The molecule has 1 N–H and O–H groups in total. The van der Waals surface area contributed by atoms with Crippen molar-refractivity contribution in [2.75, 3.05) is 0 Å². The number of hydrogen-bond acceptors (Lipinski definition) is 3. The highest BCUT2D eigenvalue weighted by Gasteiger charge is 2.09. The number of aliphatic hydroxyl groups excluding tert-OH is 1. The van der Waals surface area contributed by atoms with Crippen LogP contribution in [0.15, 0.2) is 34.9 Å². The first-order chi connectivity index (χ1) is 8.97. The average molecular weight is 363 g/mol. The second-order valence-electron chi connectivity index (χ2n) is 3.89. The van der Waals surface area contributed by atoms with Gasteiger partial charge in [-0.2, -0.15) is 0 Å². The van der Waals surface area contributed by atoms with Crippen LogP contribution in [-0.2, 0) is 0 Å². The monoisotopic (exact) mass is 361 g/mol. The van der Waals surface area contributed by atoms with E-state index in [4.69, 9.17) is 27.9 Å². The molecule has 0 spiro atoms. The maximum atomic E-state index is 9.37. The zero-order valence-electron chi connectivity index (χ0n) is 9.90. The van der Waals surface area contributed by atoms with E-state index in [1.165, 1.54) is 6.20 Å². The number of aliphatic hydroxyl groups is 1. The topological polar surface area (TPSA) is 42.4 Å². The minimum Gasteiger partial charge on any atom is -0.454 e. The van der Waals surface area contributed by atoms with E-state index in [1.807, 2.05) is 0 Å². The molecular formula is C13H10BrCl2NO2.